The smallest absolute Gasteiger partial charge is 0.127 e. The fourth-order valence-electron chi connectivity index (χ4n) is 2.81. The predicted octanol–water partition coefficient (Wildman–Crippen LogP) is 5.28. The molecule has 3 rings (SSSR count). The van der Waals surface area contributed by atoms with E-state index in [9.17, 15) is 0 Å². The van der Waals surface area contributed by atoms with Gasteiger partial charge in [0.1, 0.15) is 11.9 Å². The lowest BCUT2D eigenvalue weighted by Gasteiger charge is -2.33. The van der Waals surface area contributed by atoms with Crippen LogP contribution >= 0.6 is 27.5 Å². The molecule has 0 aliphatic carbocycles. The molecule has 0 saturated heterocycles. The van der Waals surface area contributed by atoms with Crippen LogP contribution < -0.4 is 10.1 Å². The van der Waals surface area contributed by atoms with Crippen LogP contribution in [0.15, 0.2) is 46.9 Å². The van der Waals surface area contributed by atoms with Crippen molar-refractivity contribution >= 4 is 27.5 Å². The van der Waals surface area contributed by atoms with E-state index >= 15 is 0 Å². The lowest BCUT2D eigenvalue weighted by Crippen LogP contribution is -2.29. The van der Waals surface area contributed by atoms with Gasteiger partial charge in [-0.3, -0.25) is 0 Å². The predicted molar refractivity (Wildman–Crippen MR) is 90.0 cm³/mol. The van der Waals surface area contributed by atoms with Crippen molar-refractivity contribution in [2.24, 2.45) is 0 Å². The number of ether oxygens (including phenoxy) is 1. The number of nitrogens with one attached hydrogen (secondary N) is 1. The number of fused-ring (bicyclic) bond motifs is 1. The molecule has 1 aliphatic rings. The molecule has 110 valence electrons. The molecule has 0 saturated carbocycles. The average molecular weight is 367 g/mol. The summed E-state index contributed by atoms with van der Waals surface area (Å²) in [7, 11) is 0. The Kier molecular flexibility index (Phi) is 4.53. The van der Waals surface area contributed by atoms with Gasteiger partial charge < -0.3 is 10.1 Å². The number of rotatable bonds is 3. The van der Waals surface area contributed by atoms with Crippen LogP contribution in [0.25, 0.3) is 0 Å². The van der Waals surface area contributed by atoms with Crippen molar-refractivity contribution < 1.29 is 4.74 Å². The third-order valence-electron chi connectivity index (χ3n) is 3.77. The molecule has 0 bridgehead atoms. The quantitative estimate of drug-likeness (QED) is 0.798. The molecule has 2 nitrogen and oxygen atoms in total. The van der Waals surface area contributed by atoms with E-state index in [0.29, 0.717) is 0 Å². The molecule has 2 unspecified atom stereocenters. The van der Waals surface area contributed by atoms with Gasteiger partial charge >= 0.3 is 0 Å². The fourth-order valence-corrected chi connectivity index (χ4v) is 3.44. The third kappa shape index (κ3) is 3.10. The molecule has 0 aromatic heterocycles. The maximum Gasteiger partial charge on any atom is 0.127 e. The largest absolute Gasteiger partial charge is 0.485 e. The Morgan fingerprint density at radius 3 is 2.81 bits per heavy atom. The Bertz CT molecular complexity index is 646. The number of hydrogen-bond donors (Lipinski definition) is 1. The van der Waals surface area contributed by atoms with Crippen molar-refractivity contribution in [2.75, 3.05) is 6.54 Å². The zero-order valence-corrected chi connectivity index (χ0v) is 14.1. The van der Waals surface area contributed by atoms with Crippen molar-refractivity contribution in [3.8, 4) is 5.75 Å². The van der Waals surface area contributed by atoms with Gasteiger partial charge in [0.2, 0.25) is 0 Å². The van der Waals surface area contributed by atoms with Crippen LogP contribution in [0.5, 0.6) is 5.75 Å². The highest BCUT2D eigenvalue weighted by atomic mass is 79.9. The van der Waals surface area contributed by atoms with Crippen LogP contribution in [0.4, 0.5) is 0 Å². The van der Waals surface area contributed by atoms with Gasteiger partial charge in [0.25, 0.3) is 0 Å². The lowest BCUT2D eigenvalue weighted by atomic mass is 9.93. The van der Waals surface area contributed by atoms with Crippen molar-refractivity contribution in [2.45, 2.75) is 25.5 Å². The molecule has 1 aliphatic heterocycles. The molecular weight excluding hydrogens is 350 g/mol. The minimum absolute atomic E-state index is 0.0172. The lowest BCUT2D eigenvalue weighted by molar-refractivity contribution is 0.152. The summed E-state index contributed by atoms with van der Waals surface area (Å²) in [6, 6.07) is 14.3. The first-order valence-electron chi connectivity index (χ1n) is 7.13. The maximum atomic E-state index is 6.33. The van der Waals surface area contributed by atoms with Gasteiger partial charge in [0.15, 0.2) is 0 Å². The number of halogens is 2. The summed E-state index contributed by atoms with van der Waals surface area (Å²) in [6.45, 7) is 3.05. The van der Waals surface area contributed by atoms with Gasteiger partial charge in [0.05, 0.1) is 0 Å². The van der Waals surface area contributed by atoms with Gasteiger partial charge in [-0.05, 0) is 30.8 Å². The summed E-state index contributed by atoms with van der Waals surface area (Å²) >= 11 is 9.86. The monoisotopic (exact) mass is 365 g/mol. The van der Waals surface area contributed by atoms with Crippen LogP contribution in [-0.2, 0) is 0 Å². The topological polar surface area (TPSA) is 21.3 Å². The molecule has 21 heavy (non-hydrogen) atoms. The Morgan fingerprint density at radius 2 is 2.05 bits per heavy atom. The molecule has 2 atom stereocenters. The second kappa shape index (κ2) is 6.39. The van der Waals surface area contributed by atoms with E-state index in [4.69, 9.17) is 16.3 Å². The van der Waals surface area contributed by atoms with E-state index in [0.717, 1.165) is 33.8 Å². The highest BCUT2D eigenvalue weighted by molar-refractivity contribution is 9.10. The highest BCUT2D eigenvalue weighted by Crippen LogP contribution is 2.43. The first-order valence-corrected chi connectivity index (χ1v) is 8.30. The van der Waals surface area contributed by atoms with Gasteiger partial charge in [-0.25, -0.2) is 0 Å². The van der Waals surface area contributed by atoms with Crippen molar-refractivity contribution in [1.82, 2.24) is 5.32 Å². The normalized spacial score (nSPS) is 20.7. The van der Waals surface area contributed by atoms with Gasteiger partial charge in [-0.1, -0.05) is 52.7 Å². The van der Waals surface area contributed by atoms with Crippen LogP contribution in [0.1, 0.15) is 36.6 Å². The molecule has 0 radical (unpaired) electrons. The van der Waals surface area contributed by atoms with E-state index < -0.39 is 0 Å². The van der Waals surface area contributed by atoms with Gasteiger partial charge in [-0.15, -0.1) is 0 Å². The van der Waals surface area contributed by atoms with Gasteiger partial charge in [0, 0.05) is 33.1 Å². The SMILES string of the molecule is CCNC1CC(c2ccccc2Cl)Oc2ccc(Br)cc21. The molecule has 0 spiro atoms. The van der Waals surface area contributed by atoms with E-state index in [-0.39, 0.29) is 12.1 Å². The molecule has 2 aromatic rings. The summed E-state index contributed by atoms with van der Waals surface area (Å²) in [5.41, 5.74) is 2.25. The summed E-state index contributed by atoms with van der Waals surface area (Å²) in [4.78, 5) is 0. The van der Waals surface area contributed by atoms with Crippen LogP contribution in [0.2, 0.25) is 5.02 Å². The summed E-state index contributed by atoms with van der Waals surface area (Å²) < 4.78 is 7.26. The van der Waals surface area contributed by atoms with Crippen LogP contribution in [0.3, 0.4) is 0 Å². The Labute approximate surface area is 138 Å². The molecular formula is C17H17BrClNO. The molecule has 1 N–H and O–H groups in total. The van der Waals surface area contributed by atoms with Crippen molar-refractivity contribution in [3.63, 3.8) is 0 Å². The van der Waals surface area contributed by atoms with E-state index in [1.54, 1.807) is 0 Å². The third-order valence-corrected chi connectivity index (χ3v) is 4.61. The first-order chi connectivity index (χ1) is 10.2. The van der Waals surface area contributed by atoms with Crippen LogP contribution in [0, 0.1) is 0 Å². The fraction of sp³-hybridized carbons (Fsp3) is 0.294. The van der Waals surface area contributed by atoms with Crippen molar-refractivity contribution in [1.29, 1.82) is 0 Å². The zero-order valence-electron chi connectivity index (χ0n) is 11.8. The van der Waals surface area contributed by atoms with E-state index in [1.165, 1.54) is 5.56 Å². The number of benzene rings is 2. The van der Waals surface area contributed by atoms with E-state index in [1.807, 2.05) is 36.4 Å². The second-order valence-corrected chi connectivity index (χ2v) is 6.48. The average Bonchev–Trinajstić information content (AvgIpc) is 2.48. The zero-order chi connectivity index (χ0) is 14.8. The minimum Gasteiger partial charge on any atom is -0.485 e. The highest BCUT2D eigenvalue weighted by Gasteiger charge is 2.29. The standard InChI is InChI=1S/C17H17BrClNO/c1-2-20-15-10-17(12-5-3-4-6-14(12)19)21-16-8-7-11(18)9-13(15)16/h3-9,15,17,20H,2,10H2,1H3. The second-order valence-electron chi connectivity index (χ2n) is 5.16. The molecule has 1 heterocycles. The Hall–Kier alpha value is -1.03. The first kappa shape index (κ1) is 14.9. The Morgan fingerprint density at radius 1 is 1.24 bits per heavy atom. The molecule has 0 fully saturated rings. The molecule has 4 heteroatoms. The van der Waals surface area contributed by atoms with Crippen molar-refractivity contribution in [3.05, 3.63) is 63.1 Å². The minimum atomic E-state index is -0.0172. The summed E-state index contributed by atoms with van der Waals surface area (Å²) in [5, 5.41) is 4.31. The number of hydrogen-bond acceptors (Lipinski definition) is 2. The van der Waals surface area contributed by atoms with Crippen LogP contribution in [-0.4, -0.2) is 6.54 Å². The molecule has 2 aromatic carbocycles. The maximum absolute atomic E-state index is 6.33. The molecule has 0 amide bonds. The Balaban J connectivity index is 1.98. The summed E-state index contributed by atoms with van der Waals surface area (Å²) in [6.07, 6.45) is 0.859. The van der Waals surface area contributed by atoms with Gasteiger partial charge in [-0.2, -0.15) is 0 Å². The summed E-state index contributed by atoms with van der Waals surface area (Å²) in [5.74, 6) is 0.931. The van der Waals surface area contributed by atoms with E-state index in [2.05, 4.69) is 34.2 Å².